The Labute approximate surface area is 108 Å². The van der Waals surface area contributed by atoms with E-state index in [1.54, 1.807) is 0 Å². The lowest BCUT2D eigenvalue weighted by Crippen LogP contribution is -2.56. The van der Waals surface area contributed by atoms with Gasteiger partial charge < -0.3 is 5.11 Å². The van der Waals surface area contributed by atoms with Crippen LogP contribution in [0.1, 0.15) is 30.9 Å². The lowest BCUT2D eigenvalue weighted by atomic mass is 9.77. The molecule has 3 heteroatoms. The van der Waals surface area contributed by atoms with Gasteiger partial charge >= 0.3 is 5.97 Å². The Kier molecular flexibility index (Phi) is 3.71. The van der Waals surface area contributed by atoms with Gasteiger partial charge in [-0.3, -0.25) is 9.69 Å². The maximum absolute atomic E-state index is 11.8. The predicted octanol–water partition coefficient (Wildman–Crippen LogP) is 2.34. The molecule has 0 bridgehead atoms. The fourth-order valence-electron chi connectivity index (χ4n) is 2.94. The number of hydrogen-bond donors (Lipinski definition) is 1. The highest BCUT2D eigenvalue weighted by Gasteiger charge is 2.44. The van der Waals surface area contributed by atoms with E-state index in [9.17, 15) is 9.90 Å². The zero-order chi connectivity index (χ0) is 13.2. The van der Waals surface area contributed by atoms with Crippen molar-refractivity contribution in [1.29, 1.82) is 0 Å². The second kappa shape index (κ2) is 5.11. The van der Waals surface area contributed by atoms with Crippen molar-refractivity contribution in [3.63, 3.8) is 0 Å². The van der Waals surface area contributed by atoms with Crippen LogP contribution < -0.4 is 0 Å². The van der Waals surface area contributed by atoms with Gasteiger partial charge in [0, 0.05) is 6.42 Å². The molecule has 98 valence electrons. The van der Waals surface area contributed by atoms with E-state index in [2.05, 4.69) is 19.1 Å². The third-order valence-corrected chi connectivity index (χ3v) is 4.10. The summed E-state index contributed by atoms with van der Waals surface area (Å²) in [5.74, 6) is -0.687. The number of nitrogens with zero attached hydrogens (tertiary/aromatic N) is 1. The van der Waals surface area contributed by atoms with Crippen LogP contribution in [0.15, 0.2) is 24.3 Å². The van der Waals surface area contributed by atoms with Crippen molar-refractivity contribution in [3.8, 4) is 0 Å². The lowest BCUT2D eigenvalue weighted by molar-refractivity contribution is -0.151. The second-order valence-electron chi connectivity index (χ2n) is 5.20. The molecule has 1 aliphatic carbocycles. The van der Waals surface area contributed by atoms with Crippen molar-refractivity contribution < 1.29 is 9.90 Å². The largest absolute Gasteiger partial charge is 0.480 e. The van der Waals surface area contributed by atoms with Gasteiger partial charge in [-0.25, -0.2) is 0 Å². The number of aryl methyl sites for hydroxylation is 1. The van der Waals surface area contributed by atoms with Crippen LogP contribution in [0.5, 0.6) is 0 Å². The Hall–Kier alpha value is -1.35. The van der Waals surface area contributed by atoms with E-state index in [-0.39, 0.29) is 0 Å². The van der Waals surface area contributed by atoms with Crippen molar-refractivity contribution in [3.05, 3.63) is 35.4 Å². The highest BCUT2D eigenvalue weighted by molar-refractivity contribution is 5.80. The minimum absolute atomic E-state index is 0.620. The SMILES string of the molecule is CCCN(C)C1(C(=O)O)CCc2ccccc2C1. The van der Waals surface area contributed by atoms with E-state index in [4.69, 9.17) is 0 Å². The zero-order valence-corrected chi connectivity index (χ0v) is 11.1. The van der Waals surface area contributed by atoms with Gasteiger partial charge in [-0.2, -0.15) is 0 Å². The van der Waals surface area contributed by atoms with Crippen molar-refractivity contribution in [1.82, 2.24) is 4.90 Å². The highest BCUT2D eigenvalue weighted by Crippen LogP contribution is 2.33. The first kappa shape index (κ1) is 13.1. The number of carboxylic acid groups (broad SMARTS) is 1. The molecule has 18 heavy (non-hydrogen) atoms. The third kappa shape index (κ3) is 2.15. The second-order valence-corrected chi connectivity index (χ2v) is 5.20. The van der Waals surface area contributed by atoms with Gasteiger partial charge in [0.2, 0.25) is 0 Å². The first-order valence-electron chi connectivity index (χ1n) is 6.61. The number of fused-ring (bicyclic) bond motifs is 1. The minimum Gasteiger partial charge on any atom is -0.480 e. The molecule has 0 aromatic heterocycles. The predicted molar refractivity (Wildman–Crippen MR) is 71.8 cm³/mol. The molecule has 0 saturated carbocycles. The average molecular weight is 247 g/mol. The standard InChI is InChI=1S/C15H21NO2/c1-3-10-16(2)15(14(17)18)9-8-12-6-4-5-7-13(12)11-15/h4-7H,3,8-11H2,1-2H3,(H,17,18). The molecule has 0 radical (unpaired) electrons. The fourth-order valence-corrected chi connectivity index (χ4v) is 2.94. The van der Waals surface area contributed by atoms with E-state index in [1.165, 1.54) is 11.1 Å². The smallest absolute Gasteiger partial charge is 0.324 e. The van der Waals surface area contributed by atoms with Crippen molar-refractivity contribution in [2.24, 2.45) is 0 Å². The molecule has 0 spiro atoms. The molecule has 3 nitrogen and oxygen atoms in total. The molecule has 0 fully saturated rings. The molecule has 1 atom stereocenters. The van der Waals surface area contributed by atoms with E-state index in [1.807, 2.05) is 24.1 Å². The lowest BCUT2D eigenvalue weighted by Gasteiger charge is -2.41. The molecule has 1 aliphatic rings. The summed E-state index contributed by atoms with van der Waals surface area (Å²) in [5, 5.41) is 9.67. The molecule has 1 N–H and O–H groups in total. The minimum atomic E-state index is -0.718. The molecular formula is C15H21NO2. The molecule has 1 aromatic rings. The molecule has 0 amide bonds. The Bertz CT molecular complexity index is 444. The Morgan fingerprint density at radius 1 is 1.39 bits per heavy atom. The Morgan fingerprint density at radius 2 is 2.06 bits per heavy atom. The third-order valence-electron chi connectivity index (χ3n) is 4.10. The van der Waals surface area contributed by atoms with Crippen LogP contribution in [0.2, 0.25) is 0 Å². The van der Waals surface area contributed by atoms with E-state index >= 15 is 0 Å². The van der Waals surface area contributed by atoms with Crippen LogP contribution in [0.25, 0.3) is 0 Å². The number of benzene rings is 1. The number of aliphatic carboxylic acids is 1. The molecule has 0 aliphatic heterocycles. The number of carboxylic acids is 1. The van der Waals surface area contributed by atoms with Gasteiger partial charge in [0.1, 0.15) is 5.54 Å². The van der Waals surface area contributed by atoms with Crippen molar-refractivity contribution >= 4 is 5.97 Å². The molecule has 0 heterocycles. The molecule has 1 unspecified atom stereocenters. The maximum Gasteiger partial charge on any atom is 0.324 e. The summed E-state index contributed by atoms with van der Waals surface area (Å²) >= 11 is 0. The van der Waals surface area contributed by atoms with Crippen LogP contribution in [-0.2, 0) is 17.6 Å². The van der Waals surface area contributed by atoms with Gasteiger partial charge in [0.25, 0.3) is 0 Å². The van der Waals surface area contributed by atoms with Crippen molar-refractivity contribution in [2.75, 3.05) is 13.6 Å². The monoisotopic (exact) mass is 247 g/mol. The van der Waals surface area contributed by atoms with Gasteiger partial charge in [-0.1, -0.05) is 31.2 Å². The van der Waals surface area contributed by atoms with Crippen LogP contribution in [0, 0.1) is 0 Å². The van der Waals surface area contributed by atoms with Gasteiger partial charge in [-0.05, 0) is 44.0 Å². The van der Waals surface area contributed by atoms with Gasteiger partial charge in [-0.15, -0.1) is 0 Å². The molecule has 2 rings (SSSR count). The van der Waals surface area contributed by atoms with E-state index in [0.29, 0.717) is 12.8 Å². The number of hydrogen-bond acceptors (Lipinski definition) is 2. The molecule has 0 saturated heterocycles. The van der Waals surface area contributed by atoms with Gasteiger partial charge in [0.05, 0.1) is 0 Å². The van der Waals surface area contributed by atoms with Crippen LogP contribution >= 0.6 is 0 Å². The molecule has 1 aromatic carbocycles. The quantitative estimate of drug-likeness (QED) is 0.887. The summed E-state index contributed by atoms with van der Waals surface area (Å²) in [6.07, 6.45) is 3.16. The number of rotatable bonds is 4. The summed E-state index contributed by atoms with van der Waals surface area (Å²) in [7, 11) is 1.94. The topological polar surface area (TPSA) is 40.5 Å². The van der Waals surface area contributed by atoms with Crippen molar-refractivity contribution in [2.45, 2.75) is 38.1 Å². The first-order chi connectivity index (χ1) is 8.60. The Morgan fingerprint density at radius 3 is 2.67 bits per heavy atom. The molecular weight excluding hydrogens is 226 g/mol. The summed E-state index contributed by atoms with van der Waals surface area (Å²) in [5.41, 5.74) is 1.78. The normalized spacial score (nSPS) is 22.8. The summed E-state index contributed by atoms with van der Waals surface area (Å²) < 4.78 is 0. The fraction of sp³-hybridized carbons (Fsp3) is 0.533. The average Bonchev–Trinajstić information content (AvgIpc) is 2.38. The number of likely N-dealkylation sites (N-methyl/N-ethyl adjacent to an activating group) is 1. The summed E-state index contributed by atoms with van der Waals surface area (Å²) in [4.78, 5) is 13.8. The van der Waals surface area contributed by atoms with Crippen LogP contribution in [0.4, 0.5) is 0 Å². The van der Waals surface area contributed by atoms with Gasteiger partial charge in [0.15, 0.2) is 0 Å². The van der Waals surface area contributed by atoms with E-state index < -0.39 is 11.5 Å². The van der Waals surface area contributed by atoms with Crippen LogP contribution in [-0.4, -0.2) is 35.1 Å². The summed E-state index contributed by atoms with van der Waals surface area (Å²) in [6, 6.07) is 8.20. The highest BCUT2D eigenvalue weighted by atomic mass is 16.4. The summed E-state index contributed by atoms with van der Waals surface area (Å²) in [6.45, 7) is 2.91. The number of carbonyl (C=O) groups is 1. The van der Waals surface area contributed by atoms with Crippen LogP contribution in [0.3, 0.4) is 0 Å². The zero-order valence-electron chi connectivity index (χ0n) is 11.1. The maximum atomic E-state index is 11.8. The first-order valence-corrected chi connectivity index (χ1v) is 6.61. The Balaban J connectivity index is 2.32. The van der Waals surface area contributed by atoms with E-state index in [0.717, 1.165) is 19.4 Å².